The Bertz CT molecular complexity index is 1090. The second kappa shape index (κ2) is 47.8. The molecule has 0 aliphatic rings. The summed E-state index contributed by atoms with van der Waals surface area (Å²) in [5.41, 5.74) is 0. The molecule has 1 unspecified atom stereocenters. The first-order valence-electron chi connectivity index (χ1n) is 24.8. The lowest BCUT2D eigenvalue weighted by Crippen LogP contribution is -2.30. The van der Waals surface area contributed by atoms with Gasteiger partial charge < -0.3 is 14.2 Å². The minimum atomic E-state index is -0.794. The SMILES string of the molecule is CC\C=C/C=C\C=C/C=C\CCCCCC(=O)OC(COC(=O)CCCCCCC/C=C\CCCCC)COC(=O)CCCCCCCCCCCCCCCCCC. The average Bonchev–Trinajstić information content (AvgIpc) is 3.23. The Morgan fingerprint density at radius 1 is 0.356 bits per heavy atom. The largest absolute Gasteiger partial charge is 0.462 e. The molecule has 0 aliphatic heterocycles. The molecule has 0 saturated heterocycles. The molecule has 0 aromatic carbocycles. The van der Waals surface area contributed by atoms with E-state index >= 15 is 0 Å². The van der Waals surface area contributed by atoms with E-state index in [1.165, 1.54) is 122 Å². The van der Waals surface area contributed by atoms with Crippen LogP contribution in [0.1, 0.15) is 239 Å². The summed E-state index contributed by atoms with van der Waals surface area (Å²) in [6.45, 7) is 6.44. The predicted octanol–water partition coefficient (Wildman–Crippen LogP) is 16.1. The maximum absolute atomic E-state index is 12.7. The van der Waals surface area contributed by atoms with Crippen LogP contribution in [0.15, 0.2) is 60.8 Å². The van der Waals surface area contributed by atoms with Crippen LogP contribution in [-0.4, -0.2) is 37.2 Å². The van der Waals surface area contributed by atoms with E-state index < -0.39 is 6.10 Å². The topological polar surface area (TPSA) is 78.9 Å². The summed E-state index contributed by atoms with van der Waals surface area (Å²) in [5.74, 6) is -0.937. The fourth-order valence-corrected chi connectivity index (χ4v) is 6.86. The first-order chi connectivity index (χ1) is 29.0. The number of esters is 3. The average molecular weight is 825 g/mol. The molecule has 0 rings (SSSR count). The van der Waals surface area contributed by atoms with Crippen LogP contribution in [0, 0.1) is 0 Å². The van der Waals surface area contributed by atoms with Crippen molar-refractivity contribution in [1.82, 2.24) is 0 Å². The van der Waals surface area contributed by atoms with Crippen molar-refractivity contribution in [3.8, 4) is 0 Å². The van der Waals surface area contributed by atoms with Crippen LogP contribution in [0.2, 0.25) is 0 Å². The molecule has 0 radical (unpaired) electrons. The molecule has 0 spiro atoms. The Kier molecular flexibility index (Phi) is 45.4. The summed E-state index contributed by atoms with van der Waals surface area (Å²) in [4.78, 5) is 37.9. The van der Waals surface area contributed by atoms with Crippen LogP contribution in [0.25, 0.3) is 0 Å². The summed E-state index contributed by atoms with van der Waals surface area (Å²) in [6.07, 6.45) is 57.8. The number of allylic oxidation sites excluding steroid dienone is 10. The van der Waals surface area contributed by atoms with E-state index in [1.807, 2.05) is 36.5 Å². The minimum Gasteiger partial charge on any atom is -0.462 e. The molecular formula is C53H92O6. The van der Waals surface area contributed by atoms with Gasteiger partial charge in [0.15, 0.2) is 6.10 Å². The monoisotopic (exact) mass is 825 g/mol. The van der Waals surface area contributed by atoms with Crippen molar-refractivity contribution in [2.45, 2.75) is 245 Å². The highest BCUT2D eigenvalue weighted by Gasteiger charge is 2.19. The Labute approximate surface area is 364 Å². The summed E-state index contributed by atoms with van der Waals surface area (Å²) in [7, 11) is 0. The third kappa shape index (κ3) is 46.0. The van der Waals surface area contributed by atoms with Gasteiger partial charge >= 0.3 is 17.9 Å². The zero-order chi connectivity index (χ0) is 43.0. The van der Waals surface area contributed by atoms with Gasteiger partial charge in [-0.2, -0.15) is 0 Å². The molecule has 0 aromatic heterocycles. The second-order valence-corrected chi connectivity index (χ2v) is 16.4. The second-order valence-electron chi connectivity index (χ2n) is 16.4. The summed E-state index contributed by atoms with van der Waals surface area (Å²) >= 11 is 0. The van der Waals surface area contributed by atoms with Gasteiger partial charge in [0.2, 0.25) is 0 Å². The van der Waals surface area contributed by atoms with Gasteiger partial charge in [-0.25, -0.2) is 0 Å². The van der Waals surface area contributed by atoms with E-state index in [1.54, 1.807) is 0 Å². The first-order valence-corrected chi connectivity index (χ1v) is 24.8. The van der Waals surface area contributed by atoms with E-state index in [0.29, 0.717) is 12.8 Å². The Hall–Kier alpha value is -2.89. The van der Waals surface area contributed by atoms with Gasteiger partial charge in [-0.3, -0.25) is 14.4 Å². The molecule has 1 atom stereocenters. The van der Waals surface area contributed by atoms with Crippen LogP contribution in [0.3, 0.4) is 0 Å². The molecule has 0 heterocycles. The van der Waals surface area contributed by atoms with Crippen LogP contribution in [-0.2, 0) is 28.6 Å². The Morgan fingerprint density at radius 2 is 0.678 bits per heavy atom. The number of hydrogen-bond acceptors (Lipinski definition) is 6. The van der Waals surface area contributed by atoms with Crippen molar-refractivity contribution >= 4 is 17.9 Å². The summed E-state index contributed by atoms with van der Waals surface area (Å²) in [5, 5.41) is 0. The zero-order valence-electron chi connectivity index (χ0n) is 38.8. The van der Waals surface area contributed by atoms with E-state index in [-0.39, 0.29) is 37.5 Å². The van der Waals surface area contributed by atoms with Crippen molar-refractivity contribution in [2.75, 3.05) is 13.2 Å². The fourth-order valence-electron chi connectivity index (χ4n) is 6.86. The lowest BCUT2D eigenvalue weighted by Gasteiger charge is -2.18. The minimum absolute atomic E-state index is 0.0911. The van der Waals surface area contributed by atoms with E-state index in [9.17, 15) is 14.4 Å². The van der Waals surface area contributed by atoms with Crippen molar-refractivity contribution in [2.24, 2.45) is 0 Å². The normalized spacial score (nSPS) is 12.5. The molecule has 0 fully saturated rings. The number of ether oxygens (including phenoxy) is 3. The highest BCUT2D eigenvalue weighted by Crippen LogP contribution is 2.15. The zero-order valence-corrected chi connectivity index (χ0v) is 38.8. The van der Waals surface area contributed by atoms with Gasteiger partial charge in [0.05, 0.1) is 0 Å². The van der Waals surface area contributed by atoms with E-state index in [4.69, 9.17) is 14.2 Å². The van der Waals surface area contributed by atoms with Crippen LogP contribution >= 0.6 is 0 Å². The van der Waals surface area contributed by atoms with Gasteiger partial charge in [0, 0.05) is 19.3 Å². The number of carbonyl (C=O) groups excluding carboxylic acids is 3. The highest BCUT2D eigenvalue weighted by atomic mass is 16.6. The Morgan fingerprint density at radius 3 is 1.14 bits per heavy atom. The van der Waals surface area contributed by atoms with Crippen LogP contribution < -0.4 is 0 Å². The third-order valence-electron chi connectivity index (χ3n) is 10.6. The van der Waals surface area contributed by atoms with E-state index in [0.717, 1.165) is 77.0 Å². The van der Waals surface area contributed by atoms with Gasteiger partial charge in [-0.05, 0) is 64.2 Å². The highest BCUT2D eigenvalue weighted by molar-refractivity contribution is 5.71. The lowest BCUT2D eigenvalue weighted by atomic mass is 10.0. The van der Waals surface area contributed by atoms with Gasteiger partial charge in [-0.15, -0.1) is 0 Å². The van der Waals surface area contributed by atoms with E-state index in [2.05, 4.69) is 45.1 Å². The standard InChI is InChI=1S/C53H92O6/c1-4-7-10-13-16-19-22-25-26-27-29-31-34-37-40-43-46-52(55)58-49-50(48-57-51(54)45-42-39-36-33-30-24-21-18-15-12-9-6-3)59-53(56)47-44-41-38-35-32-28-23-20-17-14-11-8-5-2/h8,11,14,17-18,20-21,23,28,32,50H,4-7,9-10,12-13,15-16,19,22,24-27,29-31,33-49H2,1-3H3/b11-8-,17-14-,21-18-,23-20-,32-28-. The number of hydrogen-bond donors (Lipinski definition) is 0. The molecule has 0 saturated carbocycles. The van der Waals surface area contributed by atoms with Gasteiger partial charge in [0.25, 0.3) is 0 Å². The summed E-state index contributed by atoms with van der Waals surface area (Å²) in [6, 6.07) is 0. The molecule has 6 heteroatoms. The van der Waals surface area contributed by atoms with Crippen molar-refractivity contribution in [1.29, 1.82) is 0 Å². The molecular weight excluding hydrogens is 733 g/mol. The quantitative estimate of drug-likeness (QED) is 0.0200. The van der Waals surface area contributed by atoms with Gasteiger partial charge in [0.1, 0.15) is 13.2 Å². The fraction of sp³-hybridized carbons (Fsp3) is 0.755. The van der Waals surface area contributed by atoms with Crippen molar-refractivity contribution in [3.05, 3.63) is 60.8 Å². The molecule has 59 heavy (non-hydrogen) atoms. The Balaban J connectivity index is 4.41. The molecule has 0 amide bonds. The maximum atomic E-state index is 12.7. The predicted molar refractivity (Wildman–Crippen MR) is 251 cm³/mol. The third-order valence-corrected chi connectivity index (χ3v) is 10.6. The van der Waals surface area contributed by atoms with Crippen LogP contribution in [0.5, 0.6) is 0 Å². The molecule has 340 valence electrons. The molecule has 6 nitrogen and oxygen atoms in total. The number of rotatable bonds is 44. The van der Waals surface area contributed by atoms with Crippen molar-refractivity contribution < 1.29 is 28.6 Å². The lowest BCUT2D eigenvalue weighted by molar-refractivity contribution is -0.167. The number of unbranched alkanes of at least 4 members (excludes halogenated alkanes) is 26. The molecule has 0 aromatic rings. The van der Waals surface area contributed by atoms with Crippen molar-refractivity contribution in [3.63, 3.8) is 0 Å². The number of carbonyl (C=O) groups is 3. The van der Waals surface area contributed by atoms with Crippen LogP contribution in [0.4, 0.5) is 0 Å². The first kappa shape index (κ1) is 56.1. The molecule has 0 bridgehead atoms. The molecule has 0 aliphatic carbocycles. The molecule has 0 N–H and O–H groups in total. The maximum Gasteiger partial charge on any atom is 0.306 e. The smallest absolute Gasteiger partial charge is 0.306 e. The summed E-state index contributed by atoms with van der Waals surface area (Å²) < 4.78 is 16.7. The van der Waals surface area contributed by atoms with Gasteiger partial charge in [-0.1, -0.05) is 216 Å².